The highest BCUT2D eigenvalue weighted by Gasteiger charge is 2.24. The Labute approximate surface area is 116 Å². The molecule has 0 fully saturated rings. The summed E-state index contributed by atoms with van der Waals surface area (Å²) in [5.41, 5.74) is 8.58. The number of carbonyl (C=O) groups is 1. The molecule has 1 atom stereocenters. The zero-order chi connectivity index (χ0) is 14.1. The van der Waals surface area contributed by atoms with E-state index in [-0.39, 0.29) is 5.91 Å². The molecule has 0 radical (unpaired) electrons. The molecule has 3 N–H and O–H groups in total. The van der Waals surface area contributed by atoms with Crippen molar-refractivity contribution in [3.05, 3.63) is 36.3 Å². The Bertz CT molecular complexity index is 672. The van der Waals surface area contributed by atoms with Crippen molar-refractivity contribution in [1.82, 2.24) is 9.97 Å². The van der Waals surface area contributed by atoms with Gasteiger partial charge in [0.2, 0.25) is 0 Å². The van der Waals surface area contributed by atoms with Crippen molar-refractivity contribution in [1.29, 1.82) is 0 Å². The highest BCUT2D eigenvalue weighted by atomic mass is 16.5. The van der Waals surface area contributed by atoms with E-state index >= 15 is 0 Å². The van der Waals surface area contributed by atoms with Gasteiger partial charge in [-0.3, -0.25) is 14.8 Å². The van der Waals surface area contributed by atoms with Gasteiger partial charge in [-0.1, -0.05) is 0 Å². The zero-order valence-electron chi connectivity index (χ0n) is 11.0. The third-order valence-electron chi connectivity index (χ3n) is 3.15. The van der Waals surface area contributed by atoms with Gasteiger partial charge in [-0.15, -0.1) is 0 Å². The standard InChI is InChI=1S/C14H14N4O2/c1-8-14(19)18-10-6-9(2-3-12(10)20-8)13-11(7-15)16-4-5-17-13/h2-6,8H,7,15H2,1H3,(H,18,19). The predicted molar refractivity (Wildman–Crippen MR) is 74.1 cm³/mol. The average molecular weight is 270 g/mol. The Morgan fingerprint density at radius 1 is 1.35 bits per heavy atom. The van der Waals surface area contributed by atoms with Crippen molar-refractivity contribution in [2.75, 3.05) is 5.32 Å². The van der Waals surface area contributed by atoms with Crippen LogP contribution < -0.4 is 15.8 Å². The van der Waals surface area contributed by atoms with Crippen LogP contribution in [0.5, 0.6) is 5.75 Å². The molecule has 1 unspecified atom stereocenters. The lowest BCUT2D eigenvalue weighted by Crippen LogP contribution is -2.34. The van der Waals surface area contributed by atoms with E-state index in [1.54, 1.807) is 19.3 Å². The van der Waals surface area contributed by atoms with E-state index in [1.165, 1.54) is 0 Å². The summed E-state index contributed by atoms with van der Waals surface area (Å²) in [6, 6.07) is 5.52. The average Bonchev–Trinajstić information content (AvgIpc) is 2.48. The predicted octanol–water partition coefficient (Wildman–Crippen LogP) is 1.32. The van der Waals surface area contributed by atoms with Crippen molar-refractivity contribution >= 4 is 11.6 Å². The number of benzene rings is 1. The molecule has 1 aliphatic heterocycles. The number of carbonyl (C=O) groups excluding carboxylic acids is 1. The fourth-order valence-corrected chi connectivity index (χ4v) is 2.11. The van der Waals surface area contributed by atoms with E-state index in [9.17, 15) is 4.79 Å². The maximum Gasteiger partial charge on any atom is 0.265 e. The van der Waals surface area contributed by atoms with Crippen LogP contribution >= 0.6 is 0 Å². The number of hydrogen-bond donors (Lipinski definition) is 2. The number of nitrogens with one attached hydrogen (secondary N) is 1. The van der Waals surface area contributed by atoms with Crippen molar-refractivity contribution < 1.29 is 9.53 Å². The molecular formula is C14H14N4O2. The molecular weight excluding hydrogens is 256 g/mol. The minimum atomic E-state index is -0.482. The lowest BCUT2D eigenvalue weighted by atomic mass is 10.1. The number of fused-ring (bicyclic) bond motifs is 1. The maximum atomic E-state index is 11.6. The SMILES string of the molecule is CC1Oc2ccc(-c3nccnc3CN)cc2NC1=O. The molecule has 1 aromatic carbocycles. The molecule has 0 spiro atoms. The van der Waals surface area contributed by atoms with Crippen LogP contribution in [-0.4, -0.2) is 22.0 Å². The molecule has 0 saturated carbocycles. The second kappa shape index (κ2) is 4.90. The first kappa shape index (κ1) is 12.6. The van der Waals surface area contributed by atoms with Crippen molar-refractivity contribution in [2.45, 2.75) is 19.6 Å². The van der Waals surface area contributed by atoms with Crippen molar-refractivity contribution in [2.24, 2.45) is 5.73 Å². The van der Waals surface area contributed by atoms with Gasteiger partial charge in [0.1, 0.15) is 5.75 Å². The van der Waals surface area contributed by atoms with E-state index < -0.39 is 6.10 Å². The van der Waals surface area contributed by atoms with Crippen molar-refractivity contribution in [3.8, 4) is 17.0 Å². The Morgan fingerprint density at radius 2 is 2.15 bits per heavy atom. The van der Waals surface area contributed by atoms with Gasteiger partial charge in [-0.2, -0.15) is 0 Å². The van der Waals surface area contributed by atoms with Gasteiger partial charge < -0.3 is 15.8 Å². The van der Waals surface area contributed by atoms with Crippen LogP contribution in [0.1, 0.15) is 12.6 Å². The summed E-state index contributed by atoms with van der Waals surface area (Å²) in [7, 11) is 0. The van der Waals surface area contributed by atoms with Crippen LogP contribution in [0.4, 0.5) is 5.69 Å². The fourth-order valence-electron chi connectivity index (χ4n) is 2.11. The molecule has 1 aromatic heterocycles. The van der Waals surface area contributed by atoms with E-state index in [0.717, 1.165) is 5.56 Å². The van der Waals surface area contributed by atoms with Crippen LogP contribution in [-0.2, 0) is 11.3 Å². The Hall–Kier alpha value is -2.47. The highest BCUT2D eigenvalue weighted by Crippen LogP contribution is 2.33. The molecule has 3 rings (SSSR count). The van der Waals surface area contributed by atoms with Gasteiger partial charge >= 0.3 is 0 Å². The summed E-state index contributed by atoms with van der Waals surface area (Å²) >= 11 is 0. The zero-order valence-corrected chi connectivity index (χ0v) is 11.0. The number of hydrogen-bond acceptors (Lipinski definition) is 5. The first-order valence-corrected chi connectivity index (χ1v) is 6.31. The highest BCUT2D eigenvalue weighted by molar-refractivity contribution is 5.98. The number of amides is 1. The van der Waals surface area contributed by atoms with Crippen LogP contribution in [0.15, 0.2) is 30.6 Å². The fraction of sp³-hybridized carbons (Fsp3) is 0.214. The normalized spacial score (nSPS) is 17.1. The molecule has 0 aliphatic carbocycles. The van der Waals surface area contributed by atoms with E-state index in [1.807, 2.05) is 18.2 Å². The summed E-state index contributed by atoms with van der Waals surface area (Å²) in [6.45, 7) is 2.02. The lowest BCUT2D eigenvalue weighted by molar-refractivity contribution is -0.122. The summed E-state index contributed by atoms with van der Waals surface area (Å²) in [6.07, 6.45) is 2.74. The molecule has 6 heteroatoms. The maximum absolute atomic E-state index is 11.6. The van der Waals surface area contributed by atoms with Gasteiger partial charge in [-0.05, 0) is 25.1 Å². The van der Waals surface area contributed by atoms with Gasteiger partial charge in [-0.25, -0.2) is 0 Å². The monoisotopic (exact) mass is 270 g/mol. The Kier molecular flexibility index (Phi) is 3.08. The molecule has 1 amide bonds. The number of nitrogens with zero attached hydrogens (tertiary/aromatic N) is 2. The smallest absolute Gasteiger partial charge is 0.265 e. The molecule has 2 heterocycles. The van der Waals surface area contributed by atoms with Gasteiger partial charge in [0.25, 0.3) is 5.91 Å². The minimum Gasteiger partial charge on any atom is -0.479 e. The number of anilines is 1. The van der Waals surface area contributed by atoms with Crippen LogP contribution in [0.25, 0.3) is 11.3 Å². The second-order valence-electron chi connectivity index (χ2n) is 4.52. The first-order chi connectivity index (χ1) is 9.69. The first-order valence-electron chi connectivity index (χ1n) is 6.31. The van der Waals surface area contributed by atoms with Gasteiger partial charge in [0, 0.05) is 24.5 Å². The summed E-state index contributed by atoms with van der Waals surface area (Å²) in [4.78, 5) is 20.2. The topological polar surface area (TPSA) is 90.1 Å². The minimum absolute atomic E-state index is 0.159. The van der Waals surface area contributed by atoms with Crippen LogP contribution in [0.3, 0.4) is 0 Å². The number of ether oxygens (including phenoxy) is 1. The van der Waals surface area contributed by atoms with E-state index in [4.69, 9.17) is 10.5 Å². The quantitative estimate of drug-likeness (QED) is 0.859. The van der Waals surface area contributed by atoms with Gasteiger partial charge in [0.15, 0.2) is 6.10 Å². The van der Waals surface area contributed by atoms with Crippen LogP contribution in [0, 0.1) is 0 Å². The molecule has 1 aliphatic rings. The Morgan fingerprint density at radius 3 is 2.95 bits per heavy atom. The van der Waals surface area contributed by atoms with Crippen LogP contribution in [0.2, 0.25) is 0 Å². The summed E-state index contributed by atoms with van der Waals surface area (Å²) < 4.78 is 5.52. The number of nitrogens with two attached hydrogens (primary N) is 1. The molecule has 20 heavy (non-hydrogen) atoms. The largest absolute Gasteiger partial charge is 0.479 e. The molecule has 2 aromatic rings. The third-order valence-corrected chi connectivity index (χ3v) is 3.15. The second-order valence-corrected chi connectivity index (χ2v) is 4.52. The lowest BCUT2D eigenvalue weighted by Gasteiger charge is -2.23. The number of aromatic nitrogens is 2. The third kappa shape index (κ3) is 2.10. The van der Waals surface area contributed by atoms with Gasteiger partial charge in [0.05, 0.1) is 17.1 Å². The van der Waals surface area contributed by atoms with E-state index in [2.05, 4.69) is 15.3 Å². The summed E-state index contributed by atoms with van der Waals surface area (Å²) in [5.74, 6) is 0.492. The van der Waals surface area contributed by atoms with E-state index in [0.29, 0.717) is 29.4 Å². The molecule has 0 bridgehead atoms. The summed E-state index contributed by atoms with van der Waals surface area (Å²) in [5, 5.41) is 2.81. The molecule has 0 saturated heterocycles. The molecule has 6 nitrogen and oxygen atoms in total. The Balaban J connectivity index is 2.05. The number of rotatable bonds is 2. The molecule has 102 valence electrons. The van der Waals surface area contributed by atoms with Crippen molar-refractivity contribution in [3.63, 3.8) is 0 Å².